The third kappa shape index (κ3) is 7.07. The van der Waals surface area contributed by atoms with Crippen molar-refractivity contribution in [1.29, 1.82) is 0 Å². The zero-order valence-corrected chi connectivity index (χ0v) is 19.2. The minimum atomic E-state index is -3.67. The zero-order valence-electron chi connectivity index (χ0n) is 18.4. The van der Waals surface area contributed by atoms with E-state index < -0.39 is 10.1 Å². The minimum Gasteiger partial charge on any atom is -0.490 e. The number of hydrogen-bond donors (Lipinski definition) is 1. The summed E-state index contributed by atoms with van der Waals surface area (Å²) < 4.78 is 33.9. The van der Waals surface area contributed by atoms with E-state index in [1.165, 1.54) is 19.3 Å². The molecule has 1 aliphatic rings. The lowest BCUT2D eigenvalue weighted by Crippen LogP contribution is -2.19. The first-order valence-corrected chi connectivity index (χ1v) is 12.5. The summed E-state index contributed by atoms with van der Waals surface area (Å²) in [7, 11) is -1.71. The van der Waals surface area contributed by atoms with Gasteiger partial charge in [-0.2, -0.15) is 8.42 Å². The fraction of sp³-hybridized carbons (Fsp3) is 0.320. The third-order valence-electron chi connectivity index (χ3n) is 5.26. The van der Waals surface area contributed by atoms with Crippen molar-refractivity contribution in [3.63, 3.8) is 0 Å². The standard InChI is InChI=1S/C24H25NO2.CH4O3S/c1-25-16-22(18-8-4-2-5-9-18)24(26)23(17-25)19-12-14-21(15-13-19)27-20-10-6-3-7-11-20;1-5(2,3)4/h2,4-5,8-9,12-17,20H,3,6-7,10-11H2,1H3;1H3,(H,2,3,4). The minimum absolute atomic E-state index is 0.0558. The number of aryl methyl sites for hydroxylation is 1. The second-order valence-electron chi connectivity index (χ2n) is 8.08. The molecule has 1 heterocycles. The van der Waals surface area contributed by atoms with Crippen LogP contribution in [-0.2, 0) is 17.2 Å². The monoisotopic (exact) mass is 455 g/mol. The lowest BCUT2D eigenvalue weighted by molar-refractivity contribution is 0.155. The zero-order chi connectivity index (χ0) is 23.1. The van der Waals surface area contributed by atoms with Gasteiger partial charge in [0.05, 0.1) is 12.4 Å². The summed E-state index contributed by atoms with van der Waals surface area (Å²) in [6.07, 6.45) is 10.9. The third-order valence-corrected chi connectivity index (χ3v) is 5.26. The van der Waals surface area contributed by atoms with Gasteiger partial charge in [0.15, 0.2) is 5.43 Å². The second-order valence-corrected chi connectivity index (χ2v) is 9.55. The molecule has 7 heteroatoms. The number of aromatic nitrogens is 1. The molecule has 2 aromatic carbocycles. The first-order chi connectivity index (χ1) is 15.2. The van der Waals surface area contributed by atoms with Gasteiger partial charge in [0.25, 0.3) is 10.1 Å². The Kier molecular flexibility index (Phi) is 7.88. The van der Waals surface area contributed by atoms with Gasteiger partial charge in [-0.3, -0.25) is 9.35 Å². The van der Waals surface area contributed by atoms with Crippen molar-refractivity contribution < 1.29 is 17.7 Å². The fourth-order valence-corrected chi connectivity index (χ4v) is 3.82. The molecule has 1 saturated carbocycles. The van der Waals surface area contributed by atoms with Gasteiger partial charge in [0, 0.05) is 30.6 Å². The lowest BCUT2D eigenvalue weighted by atomic mass is 9.97. The molecule has 0 unspecified atom stereocenters. The number of rotatable bonds is 4. The largest absolute Gasteiger partial charge is 0.490 e. The van der Waals surface area contributed by atoms with Crippen LogP contribution in [0.2, 0.25) is 0 Å². The van der Waals surface area contributed by atoms with E-state index in [4.69, 9.17) is 9.29 Å². The molecule has 1 aromatic heterocycles. The van der Waals surface area contributed by atoms with Crippen LogP contribution in [0.5, 0.6) is 5.75 Å². The van der Waals surface area contributed by atoms with Crippen LogP contribution in [0.4, 0.5) is 0 Å². The highest BCUT2D eigenvalue weighted by Gasteiger charge is 2.15. The van der Waals surface area contributed by atoms with Crippen molar-refractivity contribution in [2.45, 2.75) is 38.2 Å². The quantitative estimate of drug-likeness (QED) is 0.564. The maximum Gasteiger partial charge on any atom is 0.261 e. The summed E-state index contributed by atoms with van der Waals surface area (Å²) in [6.45, 7) is 0. The Morgan fingerprint density at radius 2 is 1.38 bits per heavy atom. The highest BCUT2D eigenvalue weighted by atomic mass is 32.2. The molecule has 0 amide bonds. The van der Waals surface area contributed by atoms with Gasteiger partial charge in [-0.05, 0) is 48.9 Å². The molecule has 32 heavy (non-hydrogen) atoms. The van der Waals surface area contributed by atoms with E-state index in [9.17, 15) is 13.2 Å². The van der Waals surface area contributed by atoms with Crippen LogP contribution in [0, 0.1) is 0 Å². The first kappa shape index (κ1) is 23.8. The van der Waals surface area contributed by atoms with Crippen molar-refractivity contribution in [2.24, 2.45) is 7.05 Å². The van der Waals surface area contributed by atoms with E-state index >= 15 is 0 Å². The molecule has 1 fully saturated rings. The molecule has 6 nitrogen and oxygen atoms in total. The number of benzene rings is 2. The Morgan fingerprint density at radius 1 is 0.875 bits per heavy atom. The smallest absolute Gasteiger partial charge is 0.261 e. The van der Waals surface area contributed by atoms with E-state index in [1.54, 1.807) is 0 Å². The predicted molar refractivity (Wildman–Crippen MR) is 128 cm³/mol. The van der Waals surface area contributed by atoms with E-state index in [2.05, 4.69) is 0 Å². The maximum absolute atomic E-state index is 13.1. The van der Waals surface area contributed by atoms with Crippen LogP contribution in [0.1, 0.15) is 32.1 Å². The van der Waals surface area contributed by atoms with Crippen LogP contribution < -0.4 is 10.2 Å². The maximum atomic E-state index is 13.1. The summed E-state index contributed by atoms with van der Waals surface area (Å²) in [5, 5.41) is 0. The van der Waals surface area contributed by atoms with Crippen LogP contribution in [0.3, 0.4) is 0 Å². The van der Waals surface area contributed by atoms with Crippen molar-refractivity contribution in [2.75, 3.05) is 6.26 Å². The summed E-state index contributed by atoms with van der Waals surface area (Å²) in [4.78, 5) is 13.1. The molecular formula is C25H29NO5S. The van der Waals surface area contributed by atoms with Crippen LogP contribution >= 0.6 is 0 Å². The topological polar surface area (TPSA) is 85.6 Å². The van der Waals surface area contributed by atoms with Crippen molar-refractivity contribution in [3.05, 3.63) is 77.2 Å². The molecular weight excluding hydrogens is 426 g/mol. The molecule has 0 radical (unpaired) electrons. The van der Waals surface area contributed by atoms with Gasteiger partial charge in [0.2, 0.25) is 0 Å². The molecule has 0 saturated heterocycles. The first-order valence-electron chi connectivity index (χ1n) is 10.7. The van der Waals surface area contributed by atoms with Gasteiger partial charge >= 0.3 is 0 Å². The summed E-state index contributed by atoms with van der Waals surface area (Å²) >= 11 is 0. The van der Waals surface area contributed by atoms with E-state index in [-0.39, 0.29) is 5.43 Å². The molecule has 170 valence electrons. The van der Waals surface area contributed by atoms with Crippen molar-refractivity contribution >= 4 is 10.1 Å². The molecule has 4 rings (SSSR count). The number of pyridine rings is 1. The van der Waals surface area contributed by atoms with Crippen molar-refractivity contribution in [1.82, 2.24) is 4.57 Å². The highest BCUT2D eigenvalue weighted by Crippen LogP contribution is 2.26. The second kappa shape index (κ2) is 10.6. The number of hydrogen-bond acceptors (Lipinski definition) is 4. The van der Waals surface area contributed by atoms with E-state index in [0.717, 1.165) is 35.3 Å². The Hall–Kier alpha value is -2.90. The van der Waals surface area contributed by atoms with Crippen molar-refractivity contribution in [3.8, 4) is 28.0 Å². The van der Waals surface area contributed by atoms with Gasteiger partial charge in [-0.15, -0.1) is 0 Å². The fourth-order valence-electron chi connectivity index (χ4n) is 3.82. The molecule has 0 bridgehead atoms. The Morgan fingerprint density at radius 3 is 1.91 bits per heavy atom. The van der Waals surface area contributed by atoms with Crippen LogP contribution in [0.15, 0.2) is 71.8 Å². The molecule has 0 aliphatic heterocycles. The average Bonchev–Trinajstić information content (AvgIpc) is 2.76. The van der Waals surface area contributed by atoms with Gasteiger partial charge in [-0.1, -0.05) is 48.9 Å². The summed E-state index contributed by atoms with van der Waals surface area (Å²) in [5.41, 5.74) is 3.35. The van der Waals surface area contributed by atoms with Gasteiger partial charge in [-0.25, -0.2) is 0 Å². The Labute approximate surface area is 189 Å². The van der Waals surface area contributed by atoms with E-state index in [1.807, 2.05) is 78.6 Å². The highest BCUT2D eigenvalue weighted by molar-refractivity contribution is 7.85. The van der Waals surface area contributed by atoms with Gasteiger partial charge in [0.1, 0.15) is 5.75 Å². The molecule has 0 atom stereocenters. The molecule has 0 spiro atoms. The van der Waals surface area contributed by atoms with Crippen LogP contribution in [-0.4, -0.2) is 29.9 Å². The lowest BCUT2D eigenvalue weighted by Gasteiger charge is -2.23. The normalized spacial score (nSPS) is 14.3. The Bertz CT molecular complexity index is 1170. The molecule has 1 aliphatic carbocycles. The number of nitrogens with zero attached hydrogens (tertiary/aromatic N) is 1. The summed E-state index contributed by atoms with van der Waals surface area (Å²) in [6, 6.07) is 17.8. The van der Waals surface area contributed by atoms with Gasteiger partial charge < -0.3 is 9.30 Å². The Balaban J connectivity index is 0.000000523. The van der Waals surface area contributed by atoms with E-state index in [0.29, 0.717) is 17.9 Å². The molecule has 1 N–H and O–H groups in total. The predicted octanol–water partition coefficient (Wildman–Crippen LogP) is 4.93. The number of ether oxygens (including phenoxy) is 1. The van der Waals surface area contributed by atoms with Crippen LogP contribution in [0.25, 0.3) is 22.3 Å². The average molecular weight is 456 g/mol. The molecule has 3 aromatic rings. The SMILES string of the molecule is CS(=O)(=O)O.Cn1cc(-c2ccccc2)c(=O)c(-c2ccc(OC3CCCCC3)cc2)c1. The summed E-state index contributed by atoms with van der Waals surface area (Å²) in [5.74, 6) is 0.890.